The number of carbonyl (C=O) groups is 1. The highest BCUT2D eigenvalue weighted by Crippen LogP contribution is 2.16. The zero-order valence-corrected chi connectivity index (χ0v) is 10.2. The summed E-state index contributed by atoms with van der Waals surface area (Å²) in [5, 5.41) is 2.97. The molecular formula is C11H20N2OS. The topological polar surface area (TPSA) is 55.1 Å². The van der Waals surface area contributed by atoms with Crippen LogP contribution < -0.4 is 11.1 Å². The smallest absolute Gasteiger partial charge is 0.227 e. The average Bonchev–Trinajstić information content (AvgIpc) is 2.62. The molecule has 1 amide bonds. The molecule has 0 heterocycles. The first-order valence-electron chi connectivity index (χ1n) is 5.34. The third kappa shape index (κ3) is 4.26. The summed E-state index contributed by atoms with van der Waals surface area (Å²) in [4.78, 5) is 11.7. The second kappa shape index (κ2) is 6.18. The van der Waals surface area contributed by atoms with Crippen LogP contribution in [0.25, 0.3) is 0 Å². The van der Waals surface area contributed by atoms with Crippen LogP contribution in [0.15, 0.2) is 12.2 Å². The molecule has 0 radical (unpaired) electrons. The monoisotopic (exact) mass is 228 g/mol. The SMILES string of the molecule is CSCC(C)CNC(=O)C1C=CC(N)C1. The van der Waals surface area contributed by atoms with Crippen LogP contribution in [-0.4, -0.2) is 30.5 Å². The Morgan fingerprint density at radius 3 is 2.93 bits per heavy atom. The van der Waals surface area contributed by atoms with Crippen LogP contribution in [0.1, 0.15) is 13.3 Å². The van der Waals surface area contributed by atoms with Crippen LogP contribution in [0.5, 0.6) is 0 Å². The summed E-state index contributed by atoms with van der Waals surface area (Å²) < 4.78 is 0. The van der Waals surface area contributed by atoms with E-state index in [2.05, 4.69) is 18.5 Å². The van der Waals surface area contributed by atoms with E-state index in [0.717, 1.165) is 18.7 Å². The Kier molecular flexibility index (Phi) is 5.19. The van der Waals surface area contributed by atoms with Crippen LogP contribution in [0.3, 0.4) is 0 Å². The minimum atomic E-state index is -0.0125. The normalized spacial score (nSPS) is 26.6. The maximum absolute atomic E-state index is 11.7. The summed E-state index contributed by atoms with van der Waals surface area (Å²) >= 11 is 1.81. The lowest BCUT2D eigenvalue weighted by Gasteiger charge is -2.14. The molecule has 0 saturated heterocycles. The van der Waals surface area contributed by atoms with Crippen molar-refractivity contribution < 1.29 is 4.79 Å². The van der Waals surface area contributed by atoms with Gasteiger partial charge in [-0.2, -0.15) is 11.8 Å². The second-order valence-electron chi connectivity index (χ2n) is 4.20. The molecule has 0 aromatic rings. The predicted molar refractivity (Wildman–Crippen MR) is 65.8 cm³/mol. The van der Waals surface area contributed by atoms with Crippen molar-refractivity contribution in [1.82, 2.24) is 5.32 Å². The number of hydrogen-bond donors (Lipinski definition) is 2. The van der Waals surface area contributed by atoms with Gasteiger partial charge in [0.05, 0.1) is 5.92 Å². The van der Waals surface area contributed by atoms with Crippen LogP contribution in [0.4, 0.5) is 0 Å². The molecule has 0 aromatic heterocycles. The number of carbonyl (C=O) groups excluding carboxylic acids is 1. The number of nitrogens with one attached hydrogen (secondary N) is 1. The van der Waals surface area contributed by atoms with Crippen molar-refractivity contribution in [3.05, 3.63) is 12.2 Å². The molecule has 0 spiro atoms. The molecule has 1 rings (SSSR count). The molecule has 3 nitrogen and oxygen atoms in total. The lowest BCUT2D eigenvalue weighted by atomic mass is 10.1. The fraction of sp³-hybridized carbons (Fsp3) is 0.727. The quantitative estimate of drug-likeness (QED) is 0.690. The van der Waals surface area contributed by atoms with Gasteiger partial charge in [0.2, 0.25) is 5.91 Å². The lowest BCUT2D eigenvalue weighted by Crippen LogP contribution is -2.34. The van der Waals surface area contributed by atoms with E-state index in [0.29, 0.717) is 5.92 Å². The van der Waals surface area contributed by atoms with Crippen molar-refractivity contribution in [3.8, 4) is 0 Å². The standard InChI is InChI=1S/C11H20N2OS/c1-8(7-15-2)6-13-11(14)9-3-4-10(12)5-9/h3-4,8-10H,5-7,12H2,1-2H3,(H,13,14). The molecule has 0 bridgehead atoms. The van der Waals surface area contributed by atoms with Gasteiger partial charge >= 0.3 is 0 Å². The van der Waals surface area contributed by atoms with Crippen molar-refractivity contribution >= 4 is 17.7 Å². The molecule has 0 fully saturated rings. The fourth-order valence-corrected chi connectivity index (χ4v) is 2.36. The van der Waals surface area contributed by atoms with Gasteiger partial charge in [0.1, 0.15) is 0 Å². The van der Waals surface area contributed by atoms with Gasteiger partial charge < -0.3 is 11.1 Å². The first-order chi connectivity index (χ1) is 7.13. The molecule has 86 valence electrons. The maximum Gasteiger partial charge on any atom is 0.227 e. The third-order valence-corrected chi connectivity index (χ3v) is 3.43. The van der Waals surface area contributed by atoms with Crippen molar-refractivity contribution in [3.63, 3.8) is 0 Å². The van der Waals surface area contributed by atoms with E-state index < -0.39 is 0 Å². The van der Waals surface area contributed by atoms with Gasteiger partial charge in [0.25, 0.3) is 0 Å². The summed E-state index contributed by atoms with van der Waals surface area (Å²) in [7, 11) is 0. The maximum atomic E-state index is 11.7. The minimum absolute atomic E-state index is 0.0125. The summed E-state index contributed by atoms with van der Waals surface area (Å²) in [6.07, 6.45) is 6.66. The van der Waals surface area contributed by atoms with Crippen molar-refractivity contribution in [2.45, 2.75) is 19.4 Å². The molecule has 1 aliphatic carbocycles. The molecule has 0 aromatic carbocycles. The summed E-state index contributed by atoms with van der Waals surface area (Å²) in [6.45, 7) is 2.91. The number of thioether (sulfide) groups is 1. The molecule has 3 unspecified atom stereocenters. The third-order valence-electron chi connectivity index (χ3n) is 2.53. The van der Waals surface area contributed by atoms with E-state index in [1.54, 1.807) is 0 Å². The highest BCUT2D eigenvalue weighted by molar-refractivity contribution is 7.98. The Hall–Kier alpha value is -0.480. The first-order valence-corrected chi connectivity index (χ1v) is 6.73. The van der Waals surface area contributed by atoms with Gasteiger partial charge in [0.15, 0.2) is 0 Å². The summed E-state index contributed by atoms with van der Waals surface area (Å²) in [5.41, 5.74) is 5.70. The van der Waals surface area contributed by atoms with E-state index in [9.17, 15) is 4.79 Å². The average molecular weight is 228 g/mol. The Balaban J connectivity index is 2.22. The van der Waals surface area contributed by atoms with Crippen molar-refractivity contribution in [2.24, 2.45) is 17.6 Å². The Labute approximate surface area is 95.9 Å². The van der Waals surface area contributed by atoms with Crippen molar-refractivity contribution in [1.29, 1.82) is 0 Å². The van der Waals surface area contributed by atoms with E-state index in [4.69, 9.17) is 5.73 Å². The van der Waals surface area contributed by atoms with Gasteiger partial charge in [-0.05, 0) is 24.3 Å². The summed E-state index contributed by atoms with van der Waals surface area (Å²) in [5.74, 6) is 1.72. The van der Waals surface area contributed by atoms with E-state index in [1.165, 1.54) is 0 Å². The predicted octanol–water partition coefficient (Wildman–Crippen LogP) is 1.01. The van der Waals surface area contributed by atoms with Gasteiger partial charge in [-0.3, -0.25) is 4.79 Å². The largest absolute Gasteiger partial charge is 0.355 e. The summed E-state index contributed by atoms with van der Waals surface area (Å²) in [6, 6.07) is 0.0596. The Morgan fingerprint density at radius 1 is 1.67 bits per heavy atom. The molecule has 1 aliphatic rings. The van der Waals surface area contributed by atoms with Crippen LogP contribution in [0, 0.1) is 11.8 Å². The molecule has 3 N–H and O–H groups in total. The van der Waals surface area contributed by atoms with Crippen molar-refractivity contribution in [2.75, 3.05) is 18.6 Å². The molecule has 0 saturated carbocycles. The first kappa shape index (κ1) is 12.6. The lowest BCUT2D eigenvalue weighted by molar-refractivity contribution is -0.123. The fourth-order valence-electron chi connectivity index (χ4n) is 1.67. The second-order valence-corrected chi connectivity index (χ2v) is 5.11. The molecule has 3 atom stereocenters. The number of hydrogen-bond acceptors (Lipinski definition) is 3. The molecule has 15 heavy (non-hydrogen) atoms. The zero-order chi connectivity index (χ0) is 11.3. The van der Waals surface area contributed by atoms with Gasteiger partial charge in [-0.1, -0.05) is 19.1 Å². The van der Waals surface area contributed by atoms with Crippen LogP contribution >= 0.6 is 11.8 Å². The van der Waals surface area contributed by atoms with E-state index in [1.807, 2.05) is 23.9 Å². The highest BCUT2D eigenvalue weighted by Gasteiger charge is 2.22. The van der Waals surface area contributed by atoms with E-state index in [-0.39, 0.29) is 17.9 Å². The van der Waals surface area contributed by atoms with Crippen LogP contribution in [-0.2, 0) is 4.79 Å². The zero-order valence-electron chi connectivity index (χ0n) is 9.40. The number of nitrogens with two attached hydrogens (primary N) is 1. The van der Waals surface area contributed by atoms with Gasteiger partial charge in [-0.15, -0.1) is 0 Å². The van der Waals surface area contributed by atoms with Gasteiger partial charge in [0, 0.05) is 12.6 Å². The van der Waals surface area contributed by atoms with Crippen LogP contribution in [0.2, 0.25) is 0 Å². The molecular weight excluding hydrogens is 208 g/mol. The minimum Gasteiger partial charge on any atom is -0.355 e. The Bertz CT molecular complexity index is 243. The number of amides is 1. The Morgan fingerprint density at radius 2 is 2.40 bits per heavy atom. The van der Waals surface area contributed by atoms with Gasteiger partial charge in [-0.25, -0.2) is 0 Å². The molecule has 0 aliphatic heterocycles. The van der Waals surface area contributed by atoms with E-state index >= 15 is 0 Å². The highest BCUT2D eigenvalue weighted by atomic mass is 32.2. The molecule has 4 heteroatoms. The number of rotatable bonds is 5.